The molecule has 0 aliphatic rings. The summed E-state index contributed by atoms with van der Waals surface area (Å²) in [6.07, 6.45) is 4.04. The van der Waals surface area contributed by atoms with E-state index in [9.17, 15) is 0 Å². The van der Waals surface area contributed by atoms with Gasteiger partial charge in [0.05, 0.1) is 11.4 Å². The van der Waals surface area contributed by atoms with Crippen molar-refractivity contribution in [3.8, 4) is 11.3 Å². The molecule has 0 aliphatic carbocycles. The molecular weight excluding hydrogens is 210 g/mol. The van der Waals surface area contributed by atoms with E-state index in [1.54, 1.807) is 0 Å². The van der Waals surface area contributed by atoms with Crippen LogP contribution in [0.2, 0.25) is 0 Å². The highest BCUT2D eigenvalue weighted by Gasteiger charge is 2.06. The number of nitrogens with zero attached hydrogens (tertiary/aromatic N) is 2. The second-order valence-electron chi connectivity index (χ2n) is 4.20. The molecule has 17 heavy (non-hydrogen) atoms. The van der Waals surface area contributed by atoms with Gasteiger partial charge in [-0.1, -0.05) is 30.3 Å². The molecule has 0 unspecified atom stereocenters. The molecule has 0 aliphatic heterocycles. The van der Waals surface area contributed by atoms with Gasteiger partial charge in [-0.3, -0.25) is 0 Å². The third kappa shape index (κ3) is 1.65. The van der Waals surface area contributed by atoms with E-state index in [4.69, 9.17) is 5.73 Å². The normalized spacial score (nSPS) is 10.9. The average Bonchev–Trinajstić information content (AvgIpc) is 2.74. The predicted molar refractivity (Wildman–Crippen MR) is 69.8 cm³/mol. The number of aromatic nitrogens is 2. The van der Waals surface area contributed by atoms with E-state index in [1.807, 2.05) is 60.1 Å². The number of benzene rings is 1. The van der Waals surface area contributed by atoms with Crippen LogP contribution in [-0.2, 0) is 0 Å². The molecule has 2 aromatic heterocycles. The van der Waals surface area contributed by atoms with Crippen LogP contribution < -0.4 is 5.73 Å². The molecule has 0 radical (unpaired) electrons. The first-order chi connectivity index (χ1) is 8.24. The van der Waals surface area contributed by atoms with Gasteiger partial charge in [0.15, 0.2) is 5.65 Å². The molecule has 3 nitrogen and oxygen atoms in total. The average molecular weight is 223 g/mol. The summed E-state index contributed by atoms with van der Waals surface area (Å²) in [5.74, 6) is 0. The molecule has 2 heterocycles. The van der Waals surface area contributed by atoms with Crippen LogP contribution in [0.3, 0.4) is 0 Å². The molecule has 2 N–H and O–H groups in total. The molecule has 0 amide bonds. The summed E-state index contributed by atoms with van der Waals surface area (Å²) >= 11 is 0. The van der Waals surface area contributed by atoms with Crippen molar-refractivity contribution in [2.45, 2.75) is 6.92 Å². The van der Waals surface area contributed by atoms with Gasteiger partial charge >= 0.3 is 0 Å². The smallest absolute Gasteiger partial charge is 0.160 e. The molecule has 0 bridgehead atoms. The van der Waals surface area contributed by atoms with Crippen LogP contribution >= 0.6 is 0 Å². The highest BCUT2D eigenvalue weighted by atomic mass is 15.0. The zero-order valence-corrected chi connectivity index (χ0v) is 9.59. The first-order valence-corrected chi connectivity index (χ1v) is 5.54. The topological polar surface area (TPSA) is 43.3 Å². The van der Waals surface area contributed by atoms with E-state index in [0.29, 0.717) is 5.69 Å². The van der Waals surface area contributed by atoms with Crippen LogP contribution in [0.4, 0.5) is 5.69 Å². The van der Waals surface area contributed by atoms with Crippen LogP contribution in [0.15, 0.2) is 48.8 Å². The van der Waals surface area contributed by atoms with Crippen LogP contribution in [-0.4, -0.2) is 9.38 Å². The van der Waals surface area contributed by atoms with Crippen LogP contribution in [0.1, 0.15) is 5.56 Å². The number of imidazole rings is 1. The van der Waals surface area contributed by atoms with Gasteiger partial charge in [-0.2, -0.15) is 0 Å². The molecule has 3 heteroatoms. The minimum absolute atomic E-state index is 0.715. The maximum absolute atomic E-state index is 5.97. The molecule has 0 fully saturated rings. The van der Waals surface area contributed by atoms with E-state index in [2.05, 4.69) is 4.98 Å². The summed E-state index contributed by atoms with van der Waals surface area (Å²) in [5.41, 5.74) is 10.7. The number of nitrogen functional groups attached to an aromatic ring is 1. The van der Waals surface area contributed by atoms with Crippen LogP contribution in [0.5, 0.6) is 0 Å². The summed E-state index contributed by atoms with van der Waals surface area (Å²) < 4.78 is 1.98. The fraction of sp³-hybridized carbons (Fsp3) is 0.0714. The van der Waals surface area contributed by atoms with Gasteiger partial charge in [0, 0.05) is 18.0 Å². The van der Waals surface area contributed by atoms with Gasteiger partial charge in [0.25, 0.3) is 0 Å². The maximum Gasteiger partial charge on any atom is 0.160 e. The molecule has 3 rings (SSSR count). The van der Waals surface area contributed by atoms with Gasteiger partial charge in [-0.25, -0.2) is 4.98 Å². The fourth-order valence-corrected chi connectivity index (χ4v) is 2.02. The molecule has 0 saturated heterocycles. The maximum atomic E-state index is 5.97. The van der Waals surface area contributed by atoms with Gasteiger partial charge < -0.3 is 10.1 Å². The third-order valence-electron chi connectivity index (χ3n) is 2.79. The largest absolute Gasteiger partial charge is 0.396 e. The van der Waals surface area contributed by atoms with Gasteiger partial charge in [0.2, 0.25) is 0 Å². The van der Waals surface area contributed by atoms with E-state index >= 15 is 0 Å². The quantitative estimate of drug-likeness (QED) is 0.689. The Morgan fingerprint density at radius 2 is 1.88 bits per heavy atom. The van der Waals surface area contributed by atoms with E-state index in [1.165, 1.54) is 0 Å². The van der Waals surface area contributed by atoms with Crippen molar-refractivity contribution in [3.05, 3.63) is 54.4 Å². The highest BCUT2D eigenvalue weighted by Crippen LogP contribution is 2.22. The summed E-state index contributed by atoms with van der Waals surface area (Å²) in [4.78, 5) is 4.56. The molecule has 3 aromatic rings. The summed E-state index contributed by atoms with van der Waals surface area (Å²) in [6.45, 7) is 2.03. The minimum atomic E-state index is 0.715. The fourth-order valence-electron chi connectivity index (χ4n) is 2.02. The summed E-state index contributed by atoms with van der Waals surface area (Å²) in [5, 5.41) is 0. The number of pyridine rings is 1. The van der Waals surface area contributed by atoms with Crippen molar-refractivity contribution >= 4 is 11.3 Å². The van der Waals surface area contributed by atoms with Crippen molar-refractivity contribution in [2.24, 2.45) is 0 Å². The Bertz CT molecular complexity index is 669. The van der Waals surface area contributed by atoms with Crippen molar-refractivity contribution in [3.63, 3.8) is 0 Å². The Morgan fingerprint density at radius 3 is 2.65 bits per heavy atom. The first kappa shape index (κ1) is 9.90. The number of anilines is 1. The first-order valence-electron chi connectivity index (χ1n) is 5.54. The van der Waals surface area contributed by atoms with E-state index in [-0.39, 0.29) is 0 Å². The number of nitrogens with two attached hydrogens (primary N) is 1. The van der Waals surface area contributed by atoms with Crippen molar-refractivity contribution in [1.29, 1.82) is 0 Å². The molecule has 0 spiro atoms. The lowest BCUT2D eigenvalue weighted by Crippen LogP contribution is -1.93. The lowest BCUT2D eigenvalue weighted by Gasteiger charge is -1.98. The Morgan fingerprint density at radius 1 is 1.12 bits per heavy atom. The Hall–Kier alpha value is -2.29. The number of rotatable bonds is 1. The SMILES string of the molecule is Cc1cc(N)c2nc(-c3ccccc3)cn2c1. The lowest BCUT2D eigenvalue weighted by atomic mass is 10.2. The number of aryl methyl sites for hydroxylation is 1. The standard InChI is InChI=1S/C14H13N3/c1-10-7-12(15)14-16-13(9-17(14)8-10)11-5-3-2-4-6-11/h2-9H,15H2,1H3. The zero-order chi connectivity index (χ0) is 11.8. The summed E-state index contributed by atoms with van der Waals surface area (Å²) in [6, 6.07) is 12.0. The van der Waals surface area contributed by atoms with Crippen LogP contribution in [0.25, 0.3) is 16.9 Å². The molecule has 84 valence electrons. The molecule has 0 atom stereocenters. The second-order valence-corrected chi connectivity index (χ2v) is 4.20. The van der Waals surface area contributed by atoms with Crippen molar-refractivity contribution in [2.75, 3.05) is 5.73 Å². The molecule has 0 saturated carbocycles. The lowest BCUT2D eigenvalue weighted by molar-refractivity contribution is 1.16. The Kier molecular flexibility index (Phi) is 2.11. The van der Waals surface area contributed by atoms with Crippen LogP contribution in [0, 0.1) is 6.92 Å². The van der Waals surface area contributed by atoms with Gasteiger partial charge in [0.1, 0.15) is 0 Å². The Labute approximate surface area is 99.5 Å². The van der Waals surface area contributed by atoms with Crippen molar-refractivity contribution in [1.82, 2.24) is 9.38 Å². The predicted octanol–water partition coefficient (Wildman–Crippen LogP) is 2.89. The van der Waals surface area contributed by atoms with E-state index < -0.39 is 0 Å². The van der Waals surface area contributed by atoms with E-state index in [0.717, 1.165) is 22.5 Å². The monoisotopic (exact) mass is 223 g/mol. The number of hydrogen-bond acceptors (Lipinski definition) is 2. The van der Waals surface area contributed by atoms with Gasteiger partial charge in [-0.05, 0) is 18.6 Å². The number of hydrogen-bond donors (Lipinski definition) is 1. The number of fused-ring (bicyclic) bond motifs is 1. The van der Waals surface area contributed by atoms with Gasteiger partial charge in [-0.15, -0.1) is 0 Å². The molecular formula is C14H13N3. The summed E-state index contributed by atoms with van der Waals surface area (Å²) in [7, 11) is 0. The third-order valence-corrected chi connectivity index (χ3v) is 2.79. The second kappa shape index (κ2) is 3.63. The van der Waals surface area contributed by atoms with Crippen molar-refractivity contribution < 1.29 is 0 Å². The zero-order valence-electron chi connectivity index (χ0n) is 9.59. The Balaban J connectivity index is 2.24. The minimum Gasteiger partial charge on any atom is -0.396 e. The molecule has 1 aromatic carbocycles. The highest BCUT2D eigenvalue weighted by molar-refractivity contribution is 5.71.